The van der Waals surface area contributed by atoms with Gasteiger partial charge in [-0.15, -0.1) is 0 Å². The van der Waals surface area contributed by atoms with Gasteiger partial charge in [0.25, 0.3) is 0 Å². The van der Waals surface area contributed by atoms with E-state index in [1.54, 1.807) is 12.3 Å². The Hall–Kier alpha value is -1.64. The minimum absolute atomic E-state index is 0.280. The van der Waals surface area contributed by atoms with Crippen molar-refractivity contribution < 1.29 is 9.90 Å². The maximum absolute atomic E-state index is 10.9. The van der Waals surface area contributed by atoms with Crippen LogP contribution in [0.25, 0.3) is 0 Å². The fourth-order valence-corrected chi connectivity index (χ4v) is 2.54. The summed E-state index contributed by atoms with van der Waals surface area (Å²) in [5.41, 5.74) is 2.78. The molecule has 0 saturated carbocycles. The Balaban J connectivity index is 2.16. The fourth-order valence-electron chi connectivity index (χ4n) is 2.54. The minimum Gasteiger partial charge on any atom is -0.478 e. The smallest absolute Gasteiger partial charge is 0.337 e. The van der Waals surface area contributed by atoms with Crippen LogP contribution in [0.2, 0.25) is 0 Å². The van der Waals surface area contributed by atoms with Crippen LogP contribution in [0.1, 0.15) is 54.9 Å². The van der Waals surface area contributed by atoms with Gasteiger partial charge in [0, 0.05) is 12.4 Å². The highest BCUT2D eigenvalue weighted by molar-refractivity contribution is 5.87. The summed E-state index contributed by atoms with van der Waals surface area (Å²) >= 11 is 0. The van der Waals surface area contributed by atoms with Crippen molar-refractivity contribution in [2.45, 2.75) is 39.0 Å². The first-order chi connectivity index (χ1) is 8.58. The highest BCUT2D eigenvalue weighted by Crippen LogP contribution is 2.34. The van der Waals surface area contributed by atoms with Crippen LogP contribution in [0.15, 0.2) is 30.1 Å². The lowest BCUT2D eigenvalue weighted by Crippen LogP contribution is -2.13. The molecule has 1 aromatic rings. The minimum atomic E-state index is -0.907. The first-order valence-corrected chi connectivity index (χ1v) is 6.42. The maximum atomic E-state index is 10.9. The van der Waals surface area contributed by atoms with Crippen molar-refractivity contribution in [3.8, 4) is 0 Å². The highest BCUT2D eigenvalue weighted by atomic mass is 16.4. The summed E-state index contributed by atoms with van der Waals surface area (Å²) in [7, 11) is 0. The molecule has 1 N–H and O–H groups in total. The molecular weight excluding hydrogens is 226 g/mol. The van der Waals surface area contributed by atoms with E-state index in [1.807, 2.05) is 0 Å². The SMILES string of the molecule is CC1=CC[C@@H](C(C)c2cncc(C(=O)O)c2)CC1. The van der Waals surface area contributed by atoms with Gasteiger partial charge in [-0.1, -0.05) is 18.6 Å². The zero-order valence-electron chi connectivity index (χ0n) is 10.9. The largest absolute Gasteiger partial charge is 0.478 e. The van der Waals surface area contributed by atoms with Crippen LogP contribution >= 0.6 is 0 Å². The zero-order valence-corrected chi connectivity index (χ0v) is 10.9. The van der Waals surface area contributed by atoms with Crippen molar-refractivity contribution in [2.24, 2.45) is 5.92 Å². The van der Waals surface area contributed by atoms with E-state index in [2.05, 4.69) is 24.9 Å². The normalized spacial score (nSPS) is 21.2. The van der Waals surface area contributed by atoms with Crippen molar-refractivity contribution in [3.05, 3.63) is 41.2 Å². The third-order valence-corrected chi connectivity index (χ3v) is 3.92. The summed E-state index contributed by atoms with van der Waals surface area (Å²) in [6.45, 7) is 4.34. The van der Waals surface area contributed by atoms with E-state index in [0.29, 0.717) is 11.8 Å². The van der Waals surface area contributed by atoms with Gasteiger partial charge < -0.3 is 5.11 Å². The van der Waals surface area contributed by atoms with Gasteiger partial charge in [0.2, 0.25) is 0 Å². The van der Waals surface area contributed by atoms with Gasteiger partial charge >= 0.3 is 5.97 Å². The summed E-state index contributed by atoms with van der Waals surface area (Å²) in [6.07, 6.45) is 8.93. The van der Waals surface area contributed by atoms with Crippen molar-refractivity contribution >= 4 is 5.97 Å². The summed E-state index contributed by atoms with van der Waals surface area (Å²) in [6, 6.07) is 1.76. The average Bonchev–Trinajstić information content (AvgIpc) is 2.39. The molecule has 3 heteroatoms. The van der Waals surface area contributed by atoms with E-state index < -0.39 is 5.97 Å². The molecule has 0 aromatic carbocycles. The van der Waals surface area contributed by atoms with Crippen LogP contribution in [0.3, 0.4) is 0 Å². The zero-order chi connectivity index (χ0) is 13.1. The second-order valence-corrected chi connectivity index (χ2v) is 5.19. The Morgan fingerprint density at radius 1 is 1.50 bits per heavy atom. The van der Waals surface area contributed by atoms with E-state index in [-0.39, 0.29) is 5.56 Å². The van der Waals surface area contributed by atoms with Crippen LogP contribution in [0.5, 0.6) is 0 Å². The molecule has 1 heterocycles. The Bertz CT molecular complexity index is 479. The molecule has 0 bridgehead atoms. The summed E-state index contributed by atoms with van der Waals surface area (Å²) < 4.78 is 0. The number of hydrogen-bond donors (Lipinski definition) is 1. The molecule has 0 spiro atoms. The number of carboxylic acid groups (broad SMARTS) is 1. The second kappa shape index (κ2) is 5.34. The van der Waals surface area contributed by atoms with Crippen LogP contribution in [0, 0.1) is 5.92 Å². The third-order valence-electron chi connectivity index (χ3n) is 3.92. The average molecular weight is 245 g/mol. The number of nitrogens with zero attached hydrogens (tertiary/aromatic N) is 1. The Morgan fingerprint density at radius 2 is 2.28 bits per heavy atom. The van der Waals surface area contributed by atoms with Crippen molar-refractivity contribution in [1.29, 1.82) is 0 Å². The lowest BCUT2D eigenvalue weighted by Gasteiger charge is -2.26. The number of hydrogen-bond acceptors (Lipinski definition) is 2. The molecule has 18 heavy (non-hydrogen) atoms. The number of allylic oxidation sites excluding steroid dienone is 2. The van der Waals surface area contributed by atoms with Gasteiger partial charge in [0.1, 0.15) is 0 Å². The first-order valence-electron chi connectivity index (χ1n) is 6.42. The Morgan fingerprint density at radius 3 is 2.89 bits per heavy atom. The molecule has 2 rings (SSSR count). The molecule has 0 saturated heterocycles. The molecule has 1 aromatic heterocycles. The lowest BCUT2D eigenvalue weighted by molar-refractivity contribution is 0.0696. The number of carboxylic acids is 1. The quantitative estimate of drug-likeness (QED) is 0.827. The van der Waals surface area contributed by atoms with Gasteiger partial charge in [-0.25, -0.2) is 4.79 Å². The molecule has 0 radical (unpaired) electrons. The van der Waals surface area contributed by atoms with E-state index >= 15 is 0 Å². The molecule has 3 nitrogen and oxygen atoms in total. The van der Waals surface area contributed by atoms with E-state index in [4.69, 9.17) is 5.11 Å². The molecule has 0 amide bonds. The number of pyridine rings is 1. The Labute approximate surface area is 108 Å². The molecule has 0 aliphatic heterocycles. The van der Waals surface area contributed by atoms with Gasteiger partial charge in [-0.05, 0) is 49.7 Å². The van der Waals surface area contributed by atoms with Gasteiger partial charge in [-0.3, -0.25) is 4.98 Å². The molecule has 0 fully saturated rings. The highest BCUT2D eigenvalue weighted by Gasteiger charge is 2.21. The van der Waals surface area contributed by atoms with Crippen molar-refractivity contribution in [3.63, 3.8) is 0 Å². The predicted molar refractivity (Wildman–Crippen MR) is 70.7 cm³/mol. The molecule has 2 atom stereocenters. The standard InChI is InChI=1S/C15H19NO2/c1-10-3-5-12(6-4-10)11(2)13-7-14(15(17)18)9-16-8-13/h3,7-9,11-12H,4-6H2,1-2H3,(H,17,18)/t11?,12-/m1/s1. The predicted octanol–water partition coefficient (Wildman–Crippen LogP) is 3.63. The van der Waals surface area contributed by atoms with Gasteiger partial charge in [-0.2, -0.15) is 0 Å². The van der Waals surface area contributed by atoms with Gasteiger partial charge in [0.05, 0.1) is 5.56 Å². The molecule has 1 unspecified atom stereocenters. The van der Waals surface area contributed by atoms with Crippen LogP contribution in [-0.4, -0.2) is 16.1 Å². The van der Waals surface area contributed by atoms with Crippen LogP contribution < -0.4 is 0 Å². The monoisotopic (exact) mass is 245 g/mol. The summed E-state index contributed by atoms with van der Waals surface area (Å²) in [5, 5.41) is 8.99. The number of aromatic nitrogens is 1. The molecule has 96 valence electrons. The fraction of sp³-hybridized carbons (Fsp3) is 0.467. The topological polar surface area (TPSA) is 50.2 Å². The number of aromatic carboxylic acids is 1. The molecule has 1 aliphatic carbocycles. The van der Waals surface area contributed by atoms with Crippen LogP contribution in [0.4, 0.5) is 0 Å². The van der Waals surface area contributed by atoms with Crippen molar-refractivity contribution in [1.82, 2.24) is 4.98 Å². The van der Waals surface area contributed by atoms with E-state index in [1.165, 1.54) is 18.2 Å². The third kappa shape index (κ3) is 2.78. The van der Waals surface area contributed by atoms with Crippen molar-refractivity contribution in [2.75, 3.05) is 0 Å². The molecule has 1 aliphatic rings. The number of carbonyl (C=O) groups is 1. The summed E-state index contributed by atoms with van der Waals surface area (Å²) in [5.74, 6) is 0.0524. The number of rotatable bonds is 3. The molecular formula is C15H19NO2. The second-order valence-electron chi connectivity index (χ2n) is 5.19. The van der Waals surface area contributed by atoms with E-state index in [9.17, 15) is 4.79 Å². The van der Waals surface area contributed by atoms with Gasteiger partial charge in [0.15, 0.2) is 0 Å². The summed E-state index contributed by atoms with van der Waals surface area (Å²) in [4.78, 5) is 15.0. The lowest BCUT2D eigenvalue weighted by atomic mass is 9.79. The van der Waals surface area contributed by atoms with E-state index in [0.717, 1.165) is 18.4 Å². The van der Waals surface area contributed by atoms with Crippen LogP contribution in [-0.2, 0) is 0 Å². The first kappa shape index (κ1) is 12.8. The maximum Gasteiger partial charge on any atom is 0.337 e. The Kier molecular flexibility index (Phi) is 3.80.